The zero-order valence-electron chi connectivity index (χ0n) is 10.8. The molecule has 2 aromatic rings. The van der Waals surface area contributed by atoms with Gasteiger partial charge in [-0.1, -0.05) is 41.9 Å². The predicted octanol–water partition coefficient (Wildman–Crippen LogP) is 4.11. The van der Waals surface area contributed by atoms with Crippen molar-refractivity contribution in [3.63, 3.8) is 0 Å². The molecule has 1 unspecified atom stereocenters. The number of halogens is 1. The molecule has 0 saturated heterocycles. The third kappa shape index (κ3) is 2.92. The lowest BCUT2D eigenvalue weighted by Crippen LogP contribution is -2.11. The predicted molar refractivity (Wildman–Crippen MR) is 79.7 cm³/mol. The maximum Gasteiger partial charge on any atom is 0.295 e. The summed E-state index contributed by atoms with van der Waals surface area (Å²) in [5.41, 5.74) is 1.62. The van der Waals surface area contributed by atoms with Gasteiger partial charge in [0, 0.05) is 22.5 Å². The van der Waals surface area contributed by atoms with Crippen LogP contribution in [0.5, 0.6) is 0 Å². The first-order valence-corrected chi connectivity index (χ1v) is 7.07. The van der Waals surface area contributed by atoms with E-state index in [1.807, 2.05) is 18.2 Å². The van der Waals surface area contributed by atoms with Crippen molar-refractivity contribution in [2.24, 2.45) is 5.92 Å². The fourth-order valence-electron chi connectivity index (χ4n) is 1.99. The minimum Gasteiger partial charge on any atom is -0.258 e. The molecular weight excluding hydrogens is 308 g/mol. The lowest BCUT2D eigenvalue weighted by Gasteiger charge is -2.14. The van der Waals surface area contributed by atoms with E-state index in [1.54, 1.807) is 12.3 Å². The van der Waals surface area contributed by atoms with Gasteiger partial charge >= 0.3 is 0 Å². The first-order valence-electron chi connectivity index (χ1n) is 6.15. The third-order valence-electron chi connectivity index (χ3n) is 3.17. The number of nitro groups is 1. The summed E-state index contributed by atoms with van der Waals surface area (Å²) in [6.07, 6.45) is 2.42. The van der Waals surface area contributed by atoms with Crippen molar-refractivity contribution in [1.29, 1.82) is 0 Å². The number of nitrogens with zero attached hydrogens (tertiary/aromatic N) is 2. The maximum atomic E-state index is 11.0. The first kappa shape index (κ1) is 13.9. The topological polar surface area (TPSA) is 56.0 Å². The van der Waals surface area contributed by atoms with E-state index in [0.717, 1.165) is 17.4 Å². The number of fused-ring (bicyclic) bond motifs is 1. The van der Waals surface area contributed by atoms with E-state index in [9.17, 15) is 10.1 Å². The van der Waals surface area contributed by atoms with E-state index < -0.39 is 0 Å². The molecule has 1 aromatic carbocycles. The molecule has 1 heterocycles. The Morgan fingerprint density at radius 1 is 1.37 bits per heavy atom. The van der Waals surface area contributed by atoms with Crippen LogP contribution in [0, 0.1) is 16.0 Å². The number of rotatable bonds is 4. The second kappa shape index (κ2) is 5.65. The third-order valence-corrected chi connectivity index (χ3v) is 4.55. The molecule has 0 aliphatic carbocycles. The fourth-order valence-corrected chi connectivity index (χ4v) is 2.34. The van der Waals surface area contributed by atoms with Crippen LogP contribution in [0.2, 0.25) is 0 Å². The molecule has 2 rings (SSSR count). The molecular formula is C14H15BrN2O2. The maximum absolute atomic E-state index is 11.0. The highest BCUT2D eigenvalue weighted by molar-refractivity contribution is 9.09. The molecule has 0 spiro atoms. The highest BCUT2D eigenvalue weighted by atomic mass is 79.9. The summed E-state index contributed by atoms with van der Waals surface area (Å²) in [5, 5.41) is 11.9. The number of hydrogen-bond acceptors (Lipinski definition) is 3. The Balaban J connectivity index is 2.53. The van der Waals surface area contributed by atoms with Crippen molar-refractivity contribution in [3.05, 3.63) is 46.1 Å². The highest BCUT2D eigenvalue weighted by Crippen LogP contribution is 2.29. The molecule has 19 heavy (non-hydrogen) atoms. The Bertz CT molecular complexity index is 613. The minimum atomic E-state index is -0.382. The van der Waals surface area contributed by atoms with Crippen LogP contribution < -0.4 is 0 Å². The molecule has 0 aliphatic heterocycles. The van der Waals surface area contributed by atoms with Gasteiger partial charge in [-0.2, -0.15) is 0 Å². The van der Waals surface area contributed by atoms with Gasteiger partial charge in [0.05, 0.1) is 4.92 Å². The van der Waals surface area contributed by atoms with Crippen LogP contribution in [0.1, 0.15) is 19.4 Å². The Labute approximate surface area is 120 Å². The zero-order chi connectivity index (χ0) is 14.0. The molecule has 0 saturated carbocycles. The summed E-state index contributed by atoms with van der Waals surface area (Å²) >= 11 is 3.66. The SMILES string of the molecule is CC(C)C(Br)Cc1ccc([N+](=O)[O-])c2ncccc12. The summed E-state index contributed by atoms with van der Waals surface area (Å²) in [7, 11) is 0. The molecule has 100 valence electrons. The number of alkyl halides is 1. The average Bonchev–Trinajstić information content (AvgIpc) is 2.38. The number of aromatic nitrogens is 1. The average molecular weight is 323 g/mol. The van der Waals surface area contributed by atoms with Crippen molar-refractivity contribution in [2.45, 2.75) is 25.1 Å². The van der Waals surface area contributed by atoms with Gasteiger partial charge in [-0.05, 0) is 24.0 Å². The summed E-state index contributed by atoms with van der Waals surface area (Å²) in [4.78, 5) is 15.1. The summed E-state index contributed by atoms with van der Waals surface area (Å²) < 4.78 is 0. The molecule has 5 heteroatoms. The van der Waals surface area contributed by atoms with Crippen LogP contribution in [0.4, 0.5) is 5.69 Å². The number of pyridine rings is 1. The molecule has 0 amide bonds. The highest BCUT2D eigenvalue weighted by Gasteiger charge is 2.17. The van der Waals surface area contributed by atoms with E-state index in [0.29, 0.717) is 16.3 Å². The number of benzene rings is 1. The second-order valence-corrected chi connectivity index (χ2v) is 6.04. The summed E-state index contributed by atoms with van der Waals surface area (Å²) in [5.74, 6) is 0.502. The number of nitro benzene ring substituents is 1. The van der Waals surface area contributed by atoms with E-state index in [1.165, 1.54) is 0 Å². The molecule has 1 atom stereocenters. The normalized spacial score (nSPS) is 12.8. The van der Waals surface area contributed by atoms with E-state index >= 15 is 0 Å². The van der Waals surface area contributed by atoms with Crippen molar-refractivity contribution >= 4 is 32.5 Å². The quantitative estimate of drug-likeness (QED) is 0.483. The zero-order valence-corrected chi connectivity index (χ0v) is 12.4. The lowest BCUT2D eigenvalue weighted by atomic mass is 9.98. The van der Waals surface area contributed by atoms with Crippen molar-refractivity contribution in [3.8, 4) is 0 Å². The molecule has 0 aliphatic rings. The molecule has 0 bridgehead atoms. The summed E-state index contributed by atoms with van der Waals surface area (Å²) in [6, 6.07) is 7.09. The van der Waals surface area contributed by atoms with Gasteiger partial charge in [-0.25, -0.2) is 4.98 Å². The molecule has 0 radical (unpaired) electrons. The Morgan fingerprint density at radius 2 is 2.11 bits per heavy atom. The smallest absolute Gasteiger partial charge is 0.258 e. The lowest BCUT2D eigenvalue weighted by molar-refractivity contribution is -0.383. The van der Waals surface area contributed by atoms with Gasteiger partial charge in [0.2, 0.25) is 0 Å². The molecule has 4 nitrogen and oxygen atoms in total. The van der Waals surface area contributed by atoms with Crippen LogP contribution in [0.3, 0.4) is 0 Å². The van der Waals surface area contributed by atoms with E-state index in [2.05, 4.69) is 34.8 Å². The monoisotopic (exact) mass is 322 g/mol. The largest absolute Gasteiger partial charge is 0.295 e. The van der Waals surface area contributed by atoms with Crippen LogP contribution in [-0.2, 0) is 6.42 Å². The van der Waals surface area contributed by atoms with Crippen molar-refractivity contribution in [1.82, 2.24) is 4.98 Å². The number of non-ortho nitro benzene ring substituents is 1. The van der Waals surface area contributed by atoms with Crippen molar-refractivity contribution < 1.29 is 4.92 Å². The van der Waals surface area contributed by atoms with Gasteiger partial charge < -0.3 is 0 Å². The van der Waals surface area contributed by atoms with Crippen LogP contribution in [0.15, 0.2) is 30.5 Å². The molecule has 0 fully saturated rings. The number of hydrogen-bond donors (Lipinski definition) is 0. The summed E-state index contributed by atoms with van der Waals surface area (Å²) in [6.45, 7) is 4.29. The van der Waals surface area contributed by atoms with Gasteiger partial charge in [-0.15, -0.1) is 0 Å². The van der Waals surface area contributed by atoms with E-state index in [4.69, 9.17) is 0 Å². The standard InChI is InChI=1S/C14H15BrN2O2/c1-9(2)12(15)8-10-5-6-13(17(18)19)14-11(10)4-3-7-16-14/h3-7,9,12H,8H2,1-2H3. The first-order chi connectivity index (χ1) is 9.00. The second-order valence-electron chi connectivity index (χ2n) is 4.86. The van der Waals surface area contributed by atoms with Crippen LogP contribution in [0.25, 0.3) is 10.9 Å². The van der Waals surface area contributed by atoms with Crippen LogP contribution in [-0.4, -0.2) is 14.7 Å². The van der Waals surface area contributed by atoms with Crippen LogP contribution >= 0.6 is 15.9 Å². The molecule has 1 aromatic heterocycles. The Morgan fingerprint density at radius 3 is 2.74 bits per heavy atom. The minimum absolute atomic E-state index is 0.0648. The van der Waals surface area contributed by atoms with Gasteiger partial charge in [0.25, 0.3) is 5.69 Å². The molecule has 0 N–H and O–H groups in total. The van der Waals surface area contributed by atoms with Crippen molar-refractivity contribution in [2.75, 3.05) is 0 Å². The fraction of sp³-hybridized carbons (Fsp3) is 0.357. The van der Waals surface area contributed by atoms with Gasteiger partial charge in [0.1, 0.15) is 5.52 Å². The Hall–Kier alpha value is -1.49. The van der Waals surface area contributed by atoms with Gasteiger partial charge in [-0.3, -0.25) is 10.1 Å². The van der Waals surface area contributed by atoms with E-state index in [-0.39, 0.29) is 10.6 Å². The van der Waals surface area contributed by atoms with Gasteiger partial charge in [0.15, 0.2) is 0 Å². The Kier molecular flexibility index (Phi) is 4.14.